The number of rotatable bonds is 7. The molecule has 0 aliphatic rings. The van der Waals surface area contributed by atoms with Crippen molar-refractivity contribution >= 4 is 23.4 Å². The van der Waals surface area contributed by atoms with Gasteiger partial charge < -0.3 is 9.88 Å². The second-order valence-electron chi connectivity index (χ2n) is 7.19. The van der Waals surface area contributed by atoms with Crippen LogP contribution in [0.4, 0.5) is 5.69 Å². The van der Waals surface area contributed by atoms with Crippen molar-refractivity contribution < 1.29 is 4.79 Å². The molecule has 0 atom stereocenters. The molecular formula is C23H24N6O2S. The Kier molecular flexibility index (Phi) is 6.27. The normalized spacial score (nSPS) is 11.0. The van der Waals surface area contributed by atoms with Crippen molar-refractivity contribution in [2.45, 2.75) is 25.5 Å². The zero-order valence-electron chi connectivity index (χ0n) is 18.1. The summed E-state index contributed by atoms with van der Waals surface area (Å²) >= 11 is 1.30. The summed E-state index contributed by atoms with van der Waals surface area (Å²) in [5, 5.41) is 12.0. The number of hydrogen-bond donors (Lipinski definition) is 1. The number of hydrogen-bond acceptors (Lipinski definition) is 5. The number of anilines is 1. The van der Waals surface area contributed by atoms with E-state index in [0.29, 0.717) is 17.4 Å². The van der Waals surface area contributed by atoms with Gasteiger partial charge in [0, 0.05) is 19.2 Å². The lowest BCUT2D eigenvalue weighted by Gasteiger charge is -2.07. The number of thioether (sulfide) groups is 1. The highest BCUT2D eigenvalue weighted by atomic mass is 32.2. The van der Waals surface area contributed by atoms with Crippen LogP contribution in [0.3, 0.4) is 0 Å². The van der Waals surface area contributed by atoms with Gasteiger partial charge in [0.1, 0.15) is 5.69 Å². The first-order valence-electron chi connectivity index (χ1n) is 10.3. The fourth-order valence-corrected chi connectivity index (χ4v) is 4.30. The van der Waals surface area contributed by atoms with Crippen molar-refractivity contribution in [1.29, 1.82) is 0 Å². The van der Waals surface area contributed by atoms with Crippen LogP contribution in [-0.4, -0.2) is 35.8 Å². The SMILES string of the molecule is CCn1c(SCC(=O)Nc2c(C)n(C)n(-c3ccccc3)c2=O)nnc1-c1ccccc1. The van der Waals surface area contributed by atoms with Gasteiger partial charge in [-0.3, -0.25) is 14.3 Å². The van der Waals surface area contributed by atoms with Crippen molar-refractivity contribution in [2.24, 2.45) is 7.05 Å². The summed E-state index contributed by atoms with van der Waals surface area (Å²) in [7, 11) is 1.79. The lowest BCUT2D eigenvalue weighted by molar-refractivity contribution is -0.113. The van der Waals surface area contributed by atoms with E-state index in [1.807, 2.05) is 79.1 Å². The molecule has 2 aromatic heterocycles. The molecule has 0 aliphatic heterocycles. The smallest absolute Gasteiger partial charge is 0.295 e. The molecule has 8 nitrogen and oxygen atoms in total. The van der Waals surface area contributed by atoms with Gasteiger partial charge in [0.05, 0.1) is 17.1 Å². The topological polar surface area (TPSA) is 86.7 Å². The summed E-state index contributed by atoms with van der Waals surface area (Å²) in [5.41, 5.74) is 2.41. The Bertz CT molecular complexity index is 1290. The highest BCUT2D eigenvalue weighted by molar-refractivity contribution is 7.99. The van der Waals surface area contributed by atoms with E-state index in [9.17, 15) is 9.59 Å². The van der Waals surface area contributed by atoms with Gasteiger partial charge in [-0.05, 0) is 26.0 Å². The van der Waals surface area contributed by atoms with Crippen molar-refractivity contribution in [3.05, 3.63) is 76.7 Å². The Morgan fingerprint density at radius 2 is 1.69 bits per heavy atom. The van der Waals surface area contributed by atoms with Gasteiger partial charge in [0.2, 0.25) is 5.91 Å². The first-order valence-corrected chi connectivity index (χ1v) is 11.2. The zero-order chi connectivity index (χ0) is 22.7. The Hall–Kier alpha value is -3.59. The molecule has 0 aliphatic carbocycles. The van der Waals surface area contributed by atoms with Crippen LogP contribution < -0.4 is 10.9 Å². The summed E-state index contributed by atoms with van der Waals surface area (Å²) in [6.07, 6.45) is 0. The summed E-state index contributed by atoms with van der Waals surface area (Å²) in [4.78, 5) is 25.7. The lowest BCUT2D eigenvalue weighted by Crippen LogP contribution is -2.23. The Morgan fingerprint density at radius 3 is 2.34 bits per heavy atom. The number of carbonyl (C=O) groups excluding carboxylic acids is 1. The molecule has 0 unspecified atom stereocenters. The van der Waals surface area contributed by atoms with E-state index in [1.54, 1.807) is 11.7 Å². The quantitative estimate of drug-likeness (QED) is 0.437. The van der Waals surface area contributed by atoms with Crippen LogP contribution in [0, 0.1) is 6.92 Å². The zero-order valence-corrected chi connectivity index (χ0v) is 19.0. The van der Waals surface area contributed by atoms with Gasteiger partial charge in [-0.25, -0.2) is 4.68 Å². The Balaban J connectivity index is 1.50. The summed E-state index contributed by atoms with van der Waals surface area (Å²) < 4.78 is 5.25. The number of nitrogens with one attached hydrogen (secondary N) is 1. The molecule has 0 saturated carbocycles. The number of para-hydroxylation sites is 1. The van der Waals surface area contributed by atoms with Crippen molar-refractivity contribution in [3.63, 3.8) is 0 Å². The molecule has 4 rings (SSSR count). The molecule has 9 heteroatoms. The average molecular weight is 449 g/mol. The van der Waals surface area contributed by atoms with E-state index in [2.05, 4.69) is 15.5 Å². The molecule has 0 fully saturated rings. The van der Waals surface area contributed by atoms with Crippen LogP contribution in [0.2, 0.25) is 0 Å². The first kappa shape index (κ1) is 21.6. The number of benzene rings is 2. The van der Waals surface area contributed by atoms with Crippen LogP contribution in [0.25, 0.3) is 17.1 Å². The fraction of sp³-hybridized carbons (Fsp3) is 0.217. The monoisotopic (exact) mass is 448 g/mol. The van der Waals surface area contributed by atoms with E-state index < -0.39 is 0 Å². The third-order valence-electron chi connectivity index (χ3n) is 5.22. The average Bonchev–Trinajstić information content (AvgIpc) is 3.33. The molecule has 0 radical (unpaired) electrons. The highest BCUT2D eigenvalue weighted by Crippen LogP contribution is 2.24. The number of carbonyl (C=O) groups is 1. The van der Waals surface area contributed by atoms with E-state index in [0.717, 1.165) is 17.1 Å². The van der Waals surface area contributed by atoms with Crippen molar-refractivity contribution in [2.75, 3.05) is 11.1 Å². The van der Waals surface area contributed by atoms with Gasteiger partial charge in [-0.15, -0.1) is 10.2 Å². The predicted octanol–water partition coefficient (Wildman–Crippen LogP) is 3.49. The molecule has 2 heterocycles. The number of aromatic nitrogens is 5. The van der Waals surface area contributed by atoms with Gasteiger partial charge >= 0.3 is 0 Å². The van der Waals surface area contributed by atoms with E-state index in [4.69, 9.17) is 0 Å². The minimum atomic E-state index is -0.270. The Morgan fingerprint density at radius 1 is 1.03 bits per heavy atom. The highest BCUT2D eigenvalue weighted by Gasteiger charge is 2.19. The van der Waals surface area contributed by atoms with Crippen LogP contribution in [0.15, 0.2) is 70.6 Å². The molecule has 2 aromatic carbocycles. The van der Waals surface area contributed by atoms with Crippen molar-refractivity contribution in [3.8, 4) is 17.1 Å². The van der Waals surface area contributed by atoms with E-state index in [1.165, 1.54) is 16.4 Å². The van der Waals surface area contributed by atoms with Gasteiger partial charge in [0.25, 0.3) is 5.56 Å². The third kappa shape index (κ3) is 4.11. The molecule has 164 valence electrons. The minimum Gasteiger partial charge on any atom is -0.319 e. The minimum absolute atomic E-state index is 0.117. The van der Waals surface area contributed by atoms with Crippen LogP contribution in [0.5, 0.6) is 0 Å². The van der Waals surface area contributed by atoms with Crippen LogP contribution in [-0.2, 0) is 18.4 Å². The van der Waals surface area contributed by atoms with E-state index >= 15 is 0 Å². The van der Waals surface area contributed by atoms with Crippen LogP contribution >= 0.6 is 11.8 Å². The van der Waals surface area contributed by atoms with Gasteiger partial charge in [0.15, 0.2) is 11.0 Å². The molecule has 0 spiro atoms. The lowest BCUT2D eigenvalue weighted by atomic mass is 10.2. The first-order chi connectivity index (χ1) is 15.5. The maximum atomic E-state index is 13.0. The second-order valence-corrected chi connectivity index (χ2v) is 8.13. The van der Waals surface area contributed by atoms with E-state index in [-0.39, 0.29) is 22.9 Å². The summed E-state index contributed by atoms with van der Waals surface area (Å²) in [6.45, 7) is 4.50. The van der Waals surface area contributed by atoms with Crippen LogP contribution in [0.1, 0.15) is 12.6 Å². The standard InChI is InChI=1S/C23H24N6O2S/c1-4-28-21(17-11-7-5-8-12-17)25-26-23(28)32-15-19(30)24-20-16(2)27(3)29(22(20)31)18-13-9-6-10-14-18/h5-14H,4,15H2,1-3H3,(H,24,30). The number of amides is 1. The number of nitrogens with zero attached hydrogens (tertiary/aromatic N) is 5. The molecule has 0 saturated heterocycles. The maximum Gasteiger partial charge on any atom is 0.295 e. The molecule has 1 N–H and O–H groups in total. The molecule has 0 bridgehead atoms. The maximum absolute atomic E-state index is 13.0. The van der Waals surface area contributed by atoms with Gasteiger partial charge in [-0.1, -0.05) is 60.3 Å². The Labute approximate surface area is 189 Å². The predicted molar refractivity (Wildman–Crippen MR) is 126 cm³/mol. The molecule has 32 heavy (non-hydrogen) atoms. The summed E-state index contributed by atoms with van der Waals surface area (Å²) in [5.74, 6) is 0.611. The molecule has 1 amide bonds. The van der Waals surface area contributed by atoms with Crippen molar-refractivity contribution in [1.82, 2.24) is 24.1 Å². The molecule has 4 aromatic rings. The third-order valence-corrected chi connectivity index (χ3v) is 6.18. The largest absolute Gasteiger partial charge is 0.319 e. The second kappa shape index (κ2) is 9.27. The fourth-order valence-electron chi connectivity index (χ4n) is 3.50. The van der Waals surface area contributed by atoms with Gasteiger partial charge in [-0.2, -0.15) is 0 Å². The summed E-state index contributed by atoms with van der Waals surface area (Å²) in [6, 6.07) is 19.1. The molecular weight excluding hydrogens is 424 g/mol.